The fourth-order valence-electron chi connectivity index (χ4n) is 2.35. The highest BCUT2D eigenvalue weighted by atomic mass is 19.1. The van der Waals surface area contributed by atoms with E-state index in [9.17, 15) is 9.18 Å². The van der Waals surface area contributed by atoms with Crippen molar-refractivity contribution in [2.75, 3.05) is 32.8 Å². The van der Waals surface area contributed by atoms with E-state index in [0.717, 1.165) is 19.6 Å². The molecule has 21 heavy (non-hydrogen) atoms. The third-order valence-electron chi connectivity index (χ3n) is 3.44. The van der Waals surface area contributed by atoms with Gasteiger partial charge in [0, 0.05) is 18.7 Å². The molecule has 1 amide bonds. The Kier molecular flexibility index (Phi) is 5.73. The maximum Gasteiger partial charge on any atom is 0.254 e. The lowest BCUT2D eigenvalue weighted by Crippen LogP contribution is -2.33. The molecule has 5 heteroatoms. The molecular formula is C16H19FN2O2. The van der Waals surface area contributed by atoms with Gasteiger partial charge in [-0.1, -0.05) is 11.8 Å². The van der Waals surface area contributed by atoms with Gasteiger partial charge in [-0.15, -0.1) is 0 Å². The smallest absolute Gasteiger partial charge is 0.254 e. The number of carbonyl (C=O) groups is 1. The Labute approximate surface area is 124 Å². The van der Waals surface area contributed by atoms with Gasteiger partial charge in [-0.3, -0.25) is 4.79 Å². The molecule has 1 fully saturated rings. The Balaban J connectivity index is 1.89. The van der Waals surface area contributed by atoms with Crippen LogP contribution >= 0.6 is 0 Å². The van der Waals surface area contributed by atoms with Crippen molar-refractivity contribution in [3.8, 4) is 11.8 Å². The summed E-state index contributed by atoms with van der Waals surface area (Å²) in [6, 6.07) is 4.20. The fourth-order valence-corrected chi connectivity index (χ4v) is 2.35. The Morgan fingerprint density at radius 3 is 2.81 bits per heavy atom. The molecule has 0 unspecified atom stereocenters. The maximum absolute atomic E-state index is 13.9. The molecule has 0 aliphatic carbocycles. The van der Waals surface area contributed by atoms with Crippen molar-refractivity contribution in [2.45, 2.75) is 12.8 Å². The summed E-state index contributed by atoms with van der Waals surface area (Å²) in [5.74, 6) is 4.03. The highest BCUT2D eigenvalue weighted by Gasteiger charge is 2.14. The zero-order chi connectivity index (χ0) is 15.1. The van der Waals surface area contributed by atoms with E-state index in [2.05, 4.69) is 22.1 Å². The van der Waals surface area contributed by atoms with Gasteiger partial charge < -0.3 is 15.3 Å². The standard InChI is InChI=1S/C16H19FN2O2/c17-15-12-13(4-3-11-20)5-6-14(15)16(21)18-7-10-19-8-1-2-9-19/h5-6,12,20H,1-2,7-11H2,(H,18,21). The number of carbonyl (C=O) groups excluding carboxylic acids is 1. The zero-order valence-corrected chi connectivity index (χ0v) is 11.9. The third kappa shape index (κ3) is 4.55. The van der Waals surface area contributed by atoms with Gasteiger partial charge >= 0.3 is 0 Å². The van der Waals surface area contributed by atoms with E-state index in [-0.39, 0.29) is 12.2 Å². The number of hydrogen-bond donors (Lipinski definition) is 2. The van der Waals surface area contributed by atoms with Crippen molar-refractivity contribution in [3.05, 3.63) is 35.1 Å². The lowest BCUT2D eigenvalue weighted by Gasteiger charge is -2.14. The molecule has 4 nitrogen and oxygen atoms in total. The number of nitrogens with one attached hydrogen (secondary N) is 1. The summed E-state index contributed by atoms with van der Waals surface area (Å²) in [5.41, 5.74) is 0.459. The Bertz CT molecular complexity index is 557. The van der Waals surface area contributed by atoms with Crippen LogP contribution < -0.4 is 5.32 Å². The molecule has 1 saturated heterocycles. The average Bonchev–Trinajstić information content (AvgIpc) is 2.98. The van der Waals surface area contributed by atoms with Crippen LogP contribution in [0.5, 0.6) is 0 Å². The van der Waals surface area contributed by atoms with Crippen LogP contribution in [-0.4, -0.2) is 48.7 Å². The normalized spacial score (nSPS) is 14.6. The number of rotatable bonds is 4. The summed E-state index contributed by atoms with van der Waals surface area (Å²) in [5, 5.41) is 11.3. The minimum Gasteiger partial charge on any atom is -0.384 e. The molecule has 0 aromatic heterocycles. The summed E-state index contributed by atoms with van der Waals surface area (Å²) in [6.07, 6.45) is 2.41. The van der Waals surface area contributed by atoms with Crippen molar-refractivity contribution in [1.82, 2.24) is 10.2 Å². The second-order valence-corrected chi connectivity index (χ2v) is 4.96. The monoisotopic (exact) mass is 290 g/mol. The fraction of sp³-hybridized carbons (Fsp3) is 0.438. The number of likely N-dealkylation sites (tertiary alicyclic amines) is 1. The number of aliphatic hydroxyl groups is 1. The second-order valence-electron chi connectivity index (χ2n) is 4.96. The Hall–Kier alpha value is -1.90. The average molecular weight is 290 g/mol. The van der Waals surface area contributed by atoms with Crippen molar-refractivity contribution >= 4 is 5.91 Å². The zero-order valence-electron chi connectivity index (χ0n) is 11.9. The molecule has 2 N–H and O–H groups in total. The van der Waals surface area contributed by atoms with E-state index < -0.39 is 11.7 Å². The van der Waals surface area contributed by atoms with Crippen molar-refractivity contribution in [3.63, 3.8) is 0 Å². The molecule has 1 heterocycles. The minimum atomic E-state index is -0.599. The van der Waals surface area contributed by atoms with E-state index >= 15 is 0 Å². The van der Waals surface area contributed by atoms with E-state index in [1.807, 2.05) is 0 Å². The van der Waals surface area contributed by atoms with Gasteiger partial charge in [0.25, 0.3) is 5.91 Å². The molecule has 1 aliphatic heterocycles. The van der Waals surface area contributed by atoms with Gasteiger partial charge in [0.15, 0.2) is 0 Å². The van der Waals surface area contributed by atoms with Crippen LogP contribution in [0.1, 0.15) is 28.8 Å². The summed E-state index contributed by atoms with van der Waals surface area (Å²) >= 11 is 0. The molecule has 0 saturated carbocycles. The van der Waals surface area contributed by atoms with Crippen LogP contribution in [0.4, 0.5) is 4.39 Å². The third-order valence-corrected chi connectivity index (χ3v) is 3.44. The summed E-state index contributed by atoms with van der Waals surface area (Å²) in [7, 11) is 0. The lowest BCUT2D eigenvalue weighted by molar-refractivity contribution is 0.0945. The summed E-state index contributed by atoms with van der Waals surface area (Å²) in [6.45, 7) is 3.18. The molecule has 1 aromatic carbocycles. The predicted molar refractivity (Wildman–Crippen MR) is 78.4 cm³/mol. The first kappa shape index (κ1) is 15.5. The molecule has 0 spiro atoms. The largest absolute Gasteiger partial charge is 0.384 e. The number of nitrogens with zero attached hydrogens (tertiary/aromatic N) is 1. The van der Waals surface area contributed by atoms with E-state index in [4.69, 9.17) is 5.11 Å². The molecule has 0 atom stereocenters. The number of benzene rings is 1. The predicted octanol–water partition coefficient (Wildman–Crippen LogP) is 0.995. The first-order valence-electron chi connectivity index (χ1n) is 7.10. The van der Waals surface area contributed by atoms with E-state index in [1.165, 1.54) is 25.0 Å². The number of aliphatic hydroxyl groups excluding tert-OH is 1. The molecule has 112 valence electrons. The summed E-state index contributed by atoms with van der Waals surface area (Å²) in [4.78, 5) is 14.2. The summed E-state index contributed by atoms with van der Waals surface area (Å²) < 4.78 is 13.9. The van der Waals surface area contributed by atoms with Gasteiger partial charge in [-0.05, 0) is 44.1 Å². The van der Waals surface area contributed by atoms with E-state index in [1.54, 1.807) is 6.07 Å². The Morgan fingerprint density at radius 1 is 1.38 bits per heavy atom. The number of amides is 1. The molecular weight excluding hydrogens is 271 g/mol. The molecule has 2 rings (SSSR count). The first-order chi connectivity index (χ1) is 10.2. The first-order valence-corrected chi connectivity index (χ1v) is 7.10. The van der Waals surface area contributed by atoms with Gasteiger partial charge in [-0.25, -0.2) is 4.39 Å². The maximum atomic E-state index is 13.9. The quantitative estimate of drug-likeness (QED) is 0.813. The number of halogens is 1. The van der Waals surface area contributed by atoms with Crippen LogP contribution in [0.3, 0.4) is 0 Å². The van der Waals surface area contributed by atoms with Crippen molar-refractivity contribution in [2.24, 2.45) is 0 Å². The second kappa shape index (κ2) is 7.77. The lowest BCUT2D eigenvalue weighted by atomic mass is 10.1. The van der Waals surface area contributed by atoms with Crippen LogP contribution in [-0.2, 0) is 0 Å². The SMILES string of the molecule is O=C(NCCN1CCCC1)c1ccc(C#CCO)cc1F. The molecule has 0 radical (unpaired) electrons. The molecule has 0 bridgehead atoms. The van der Waals surface area contributed by atoms with Gasteiger partial charge in [0.05, 0.1) is 5.56 Å². The number of hydrogen-bond acceptors (Lipinski definition) is 3. The topological polar surface area (TPSA) is 52.6 Å². The van der Waals surface area contributed by atoms with Gasteiger partial charge in [0.2, 0.25) is 0 Å². The highest BCUT2D eigenvalue weighted by Crippen LogP contribution is 2.10. The van der Waals surface area contributed by atoms with Crippen LogP contribution in [0.15, 0.2) is 18.2 Å². The van der Waals surface area contributed by atoms with Crippen molar-refractivity contribution in [1.29, 1.82) is 0 Å². The van der Waals surface area contributed by atoms with Crippen LogP contribution in [0.25, 0.3) is 0 Å². The highest BCUT2D eigenvalue weighted by molar-refractivity contribution is 5.94. The van der Waals surface area contributed by atoms with Crippen LogP contribution in [0, 0.1) is 17.7 Å². The minimum absolute atomic E-state index is 0.0194. The van der Waals surface area contributed by atoms with Gasteiger partial charge in [0.1, 0.15) is 12.4 Å². The molecule has 1 aliphatic rings. The molecule has 1 aromatic rings. The van der Waals surface area contributed by atoms with Gasteiger partial charge in [-0.2, -0.15) is 0 Å². The Morgan fingerprint density at radius 2 is 2.14 bits per heavy atom. The van der Waals surface area contributed by atoms with E-state index in [0.29, 0.717) is 12.1 Å². The van der Waals surface area contributed by atoms with Crippen LogP contribution in [0.2, 0.25) is 0 Å². The van der Waals surface area contributed by atoms with Crippen molar-refractivity contribution < 1.29 is 14.3 Å².